The molecule has 0 amide bonds. The Balaban J connectivity index is 2.14. The van der Waals surface area contributed by atoms with Gasteiger partial charge in [0.05, 0.1) is 0 Å². The minimum atomic E-state index is 0.251. The Hall–Kier alpha value is -0.860. The van der Waals surface area contributed by atoms with Crippen molar-refractivity contribution in [1.82, 2.24) is 4.98 Å². The van der Waals surface area contributed by atoms with Gasteiger partial charge in [-0.05, 0) is 29.7 Å². The predicted octanol–water partition coefficient (Wildman–Crippen LogP) is 4.41. The summed E-state index contributed by atoms with van der Waals surface area (Å²) in [5.41, 5.74) is 2.32. The van der Waals surface area contributed by atoms with E-state index in [9.17, 15) is 0 Å². The number of halogens is 2. The molecule has 16 heavy (non-hydrogen) atoms. The van der Waals surface area contributed by atoms with Crippen LogP contribution in [0.2, 0.25) is 5.02 Å². The summed E-state index contributed by atoms with van der Waals surface area (Å²) >= 11 is 9.78. The van der Waals surface area contributed by atoms with E-state index in [1.807, 2.05) is 36.5 Å². The van der Waals surface area contributed by atoms with Crippen LogP contribution in [0.15, 0.2) is 48.8 Å². The van der Waals surface area contributed by atoms with E-state index in [0.29, 0.717) is 0 Å². The average Bonchev–Trinajstić information content (AvgIpc) is 2.33. The quantitative estimate of drug-likeness (QED) is 0.764. The first-order chi connectivity index (χ1) is 7.77. The van der Waals surface area contributed by atoms with E-state index in [1.165, 1.54) is 5.56 Å². The van der Waals surface area contributed by atoms with Crippen molar-refractivity contribution in [3.63, 3.8) is 0 Å². The van der Waals surface area contributed by atoms with Crippen molar-refractivity contribution >= 4 is 27.5 Å². The Morgan fingerprint density at radius 2 is 2.00 bits per heavy atom. The number of alkyl halides is 1. The molecule has 2 aromatic rings. The van der Waals surface area contributed by atoms with Crippen LogP contribution in [0.1, 0.15) is 16.0 Å². The molecule has 2 rings (SSSR count). The molecule has 0 saturated heterocycles. The topological polar surface area (TPSA) is 12.9 Å². The van der Waals surface area contributed by atoms with Crippen molar-refractivity contribution in [2.75, 3.05) is 0 Å². The third-order valence-corrected chi connectivity index (χ3v) is 3.62. The maximum Gasteiger partial charge on any atom is 0.0451 e. The highest BCUT2D eigenvalue weighted by Crippen LogP contribution is 2.29. The van der Waals surface area contributed by atoms with E-state index in [-0.39, 0.29) is 4.83 Å². The molecule has 0 spiro atoms. The molecule has 0 aliphatic carbocycles. The van der Waals surface area contributed by atoms with Crippen LogP contribution in [0.4, 0.5) is 0 Å². The lowest BCUT2D eigenvalue weighted by Crippen LogP contribution is -1.96. The fourth-order valence-electron chi connectivity index (χ4n) is 1.54. The van der Waals surface area contributed by atoms with Crippen molar-refractivity contribution in [2.45, 2.75) is 11.2 Å². The largest absolute Gasteiger partial charge is 0.264 e. The van der Waals surface area contributed by atoms with Crippen LogP contribution in [0.25, 0.3) is 0 Å². The molecule has 1 unspecified atom stereocenters. The summed E-state index contributed by atoms with van der Waals surface area (Å²) in [5.74, 6) is 0. The van der Waals surface area contributed by atoms with Crippen LogP contribution in [0.5, 0.6) is 0 Å². The Morgan fingerprint density at radius 1 is 1.19 bits per heavy atom. The van der Waals surface area contributed by atoms with Gasteiger partial charge in [-0.15, -0.1) is 0 Å². The first-order valence-corrected chi connectivity index (χ1v) is 6.34. The van der Waals surface area contributed by atoms with Gasteiger partial charge in [-0.1, -0.05) is 51.8 Å². The first kappa shape index (κ1) is 11.6. The molecule has 0 fully saturated rings. The molecule has 0 saturated carbocycles. The molecule has 0 aliphatic rings. The molecule has 0 N–H and O–H groups in total. The maximum atomic E-state index is 6.12. The molecule has 1 aromatic carbocycles. The van der Waals surface area contributed by atoms with E-state index in [1.54, 1.807) is 6.20 Å². The molecule has 1 atom stereocenters. The summed E-state index contributed by atoms with van der Waals surface area (Å²) < 4.78 is 0. The summed E-state index contributed by atoms with van der Waals surface area (Å²) in [7, 11) is 0. The molecule has 1 nitrogen and oxygen atoms in total. The van der Waals surface area contributed by atoms with Crippen molar-refractivity contribution in [3.8, 4) is 0 Å². The number of hydrogen-bond donors (Lipinski definition) is 0. The number of pyridine rings is 1. The molecule has 1 heterocycles. The van der Waals surface area contributed by atoms with E-state index in [2.05, 4.69) is 27.0 Å². The average molecular weight is 297 g/mol. The van der Waals surface area contributed by atoms with E-state index >= 15 is 0 Å². The smallest absolute Gasteiger partial charge is 0.0451 e. The van der Waals surface area contributed by atoms with Gasteiger partial charge in [0.2, 0.25) is 0 Å². The second kappa shape index (κ2) is 5.46. The monoisotopic (exact) mass is 295 g/mol. The minimum Gasteiger partial charge on any atom is -0.264 e. The molecule has 0 aliphatic heterocycles. The van der Waals surface area contributed by atoms with Crippen molar-refractivity contribution in [1.29, 1.82) is 0 Å². The lowest BCUT2D eigenvalue weighted by atomic mass is 10.1. The Morgan fingerprint density at radius 3 is 2.69 bits per heavy atom. The predicted molar refractivity (Wildman–Crippen MR) is 71.1 cm³/mol. The van der Waals surface area contributed by atoms with Gasteiger partial charge in [0.1, 0.15) is 0 Å². The van der Waals surface area contributed by atoms with Crippen LogP contribution in [-0.4, -0.2) is 4.98 Å². The molecule has 1 aromatic heterocycles. The highest BCUT2D eigenvalue weighted by Gasteiger charge is 2.10. The Labute approximate surface area is 109 Å². The zero-order valence-electron chi connectivity index (χ0n) is 8.61. The van der Waals surface area contributed by atoms with E-state index < -0.39 is 0 Å². The summed E-state index contributed by atoms with van der Waals surface area (Å²) in [6.07, 6.45) is 4.51. The van der Waals surface area contributed by atoms with E-state index in [0.717, 1.165) is 17.0 Å². The van der Waals surface area contributed by atoms with Gasteiger partial charge in [-0.2, -0.15) is 0 Å². The lowest BCUT2D eigenvalue weighted by Gasteiger charge is -2.10. The standard InChI is InChI=1S/C13H11BrClN/c14-12(11-5-3-7-16-9-11)8-10-4-1-2-6-13(10)15/h1-7,9,12H,8H2. The van der Waals surface area contributed by atoms with Gasteiger partial charge in [-0.3, -0.25) is 4.98 Å². The third-order valence-electron chi connectivity index (χ3n) is 2.40. The SMILES string of the molecule is Clc1ccccc1CC(Br)c1cccnc1. The number of hydrogen-bond acceptors (Lipinski definition) is 1. The number of benzene rings is 1. The molecule has 3 heteroatoms. The summed E-state index contributed by atoms with van der Waals surface area (Å²) in [6.45, 7) is 0. The minimum absolute atomic E-state index is 0.251. The van der Waals surface area contributed by atoms with Gasteiger partial charge in [0, 0.05) is 22.2 Å². The molecule has 0 bridgehead atoms. The summed E-state index contributed by atoms with van der Waals surface area (Å²) in [6, 6.07) is 11.9. The zero-order chi connectivity index (χ0) is 11.4. The second-order valence-corrected chi connectivity index (χ2v) is 5.06. The number of rotatable bonds is 3. The Kier molecular flexibility index (Phi) is 3.97. The van der Waals surface area contributed by atoms with Gasteiger partial charge in [-0.25, -0.2) is 0 Å². The van der Waals surface area contributed by atoms with Crippen molar-refractivity contribution in [3.05, 3.63) is 64.9 Å². The van der Waals surface area contributed by atoms with Crippen molar-refractivity contribution in [2.24, 2.45) is 0 Å². The van der Waals surface area contributed by atoms with Crippen LogP contribution < -0.4 is 0 Å². The number of nitrogens with zero attached hydrogens (tertiary/aromatic N) is 1. The summed E-state index contributed by atoms with van der Waals surface area (Å²) in [4.78, 5) is 4.36. The molecule has 82 valence electrons. The van der Waals surface area contributed by atoms with Crippen LogP contribution in [0.3, 0.4) is 0 Å². The second-order valence-electron chi connectivity index (χ2n) is 3.55. The lowest BCUT2D eigenvalue weighted by molar-refractivity contribution is 0.939. The van der Waals surface area contributed by atoms with E-state index in [4.69, 9.17) is 11.6 Å². The zero-order valence-corrected chi connectivity index (χ0v) is 10.9. The van der Waals surface area contributed by atoms with Crippen molar-refractivity contribution < 1.29 is 0 Å². The highest BCUT2D eigenvalue weighted by molar-refractivity contribution is 9.09. The Bertz CT molecular complexity index is 458. The normalized spacial score (nSPS) is 12.4. The fourth-order valence-corrected chi connectivity index (χ4v) is 2.37. The van der Waals surface area contributed by atoms with Crippen LogP contribution in [-0.2, 0) is 6.42 Å². The molecule has 0 radical (unpaired) electrons. The molecular weight excluding hydrogens is 286 g/mol. The third kappa shape index (κ3) is 2.83. The van der Waals surface area contributed by atoms with Crippen LogP contribution in [0, 0.1) is 0 Å². The fraction of sp³-hybridized carbons (Fsp3) is 0.154. The van der Waals surface area contributed by atoms with Gasteiger partial charge in [0.25, 0.3) is 0 Å². The molecular formula is C13H11BrClN. The first-order valence-electron chi connectivity index (χ1n) is 5.05. The van der Waals surface area contributed by atoms with Gasteiger partial charge >= 0.3 is 0 Å². The van der Waals surface area contributed by atoms with Gasteiger partial charge < -0.3 is 0 Å². The maximum absolute atomic E-state index is 6.12. The highest BCUT2D eigenvalue weighted by atomic mass is 79.9. The van der Waals surface area contributed by atoms with Crippen LogP contribution >= 0.6 is 27.5 Å². The summed E-state index contributed by atoms with van der Waals surface area (Å²) in [5, 5.41) is 0.816. The number of aromatic nitrogens is 1. The van der Waals surface area contributed by atoms with Gasteiger partial charge in [0.15, 0.2) is 0 Å².